The number of hydrogen-bond donors (Lipinski definition) is 1. The summed E-state index contributed by atoms with van der Waals surface area (Å²) in [4.78, 5) is 20.1. The molecule has 2 aliphatic heterocycles. The third-order valence-corrected chi connectivity index (χ3v) is 4.87. The number of methoxy groups -OCH3 is 1. The number of nitrogens with zero attached hydrogens (tertiary/aromatic N) is 3. The van der Waals surface area contributed by atoms with Gasteiger partial charge >= 0.3 is 0 Å². The normalized spacial score (nSPS) is 16.3. The largest absolute Gasteiger partial charge is 0.481 e. The molecule has 1 aromatic heterocycles. The second-order valence-corrected chi connectivity index (χ2v) is 6.63. The fourth-order valence-corrected chi connectivity index (χ4v) is 3.38. The highest BCUT2D eigenvalue weighted by atomic mass is 32.1. The van der Waals surface area contributed by atoms with Crippen molar-refractivity contribution < 1.29 is 18.7 Å². The highest BCUT2D eigenvalue weighted by Gasteiger charge is 2.39. The molecule has 0 spiro atoms. The van der Waals surface area contributed by atoms with Gasteiger partial charge in [0.1, 0.15) is 11.6 Å². The Bertz CT molecular complexity index is 887. The van der Waals surface area contributed by atoms with Crippen LogP contribution in [-0.2, 0) is 4.79 Å². The van der Waals surface area contributed by atoms with Gasteiger partial charge in [-0.3, -0.25) is 9.69 Å². The zero-order valence-electron chi connectivity index (χ0n) is 14.5. The molecule has 0 atom stereocenters. The van der Waals surface area contributed by atoms with E-state index >= 15 is 0 Å². The van der Waals surface area contributed by atoms with Gasteiger partial charge in [-0.05, 0) is 30.4 Å². The number of halogens is 1. The van der Waals surface area contributed by atoms with E-state index in [1.165, 1.54) is 12.1 Å². The van der Waals surface area contributed by atoms with Gasteiger partial charge in [-0.25, -0.2) is 9.37 Å². The number of rotatable bonds is 3. The number of fused-ring (bicyclic) bond motifs is 1. The predicted molar refractivity (Wildman–Crippen MR) is 102 cm³/mol. The molecule has 27 heavy (non-hydrogen) atoms. The van der Waals surface area contributed by atoms with Gasteiger partial charge in [0, 0.05) is 25.2 Å². The lowest BCUT2D eigenvalue weighted by Crippen LogP contribution is -2.64. The number of likely N-dealkylation sites (tertiary alicyclic amines) is 1. The number of amides is 1. The number of benzene rings is 1. The van der Waals surface area contributed by atoms with Crippen molar-refractivity contribution in [3.63, 3.8) is 0 Å². The summed E-state index contributed by atoms with van der Waals surface area (Å²) in [6.07, 6.45) is 1.64. The van der Waals surface area contributed by atoms with E-state index in [1.54, 1.807) is 30.3 Å². The van der Waals surface area contributed by atoms with Gasteiger partial charge in [0.2, 0.25) is 5.88 Å². The van der Waals surface area contributed by atoms with E-state index < -0.39 is 5.82 Å². The molecule has 4 rings (SSSR count). The third kappa shape index (κ3) is 3.37. The van der Waals surface area contributed by atoms with Crippen molar-refractivity contribution in [3.05, 3.63) is 42.3 Å². The van der Waals surface area contributed by atoms with Crippen LogP contribution < -0.4 is 19.7 Å². The van der Waals surface area contributed by atoms with Crippen LogP contribution in [0, 0.1) is 5.82 Å². The van der Waals surface area contributed by atoms with Crippen LogP contribution in [0.4, 0.5) is 15.8 Å². The Labute approximate surface area is 160 Å². The molecule has 0 saturated carbocycles. The molecule has 0 aliphatic carbocycles. The lowest BCUT2D eigenvalue weighted by molar-refractivity contribution is -0.122. The van der Waals surface area contributed by atoms with Crippen LogP contribution >= 0.6 is 12.2 Å². The molecule has 2 aliphatic rings. The van der Waals surface area contributed by atoms with E-state index in [1.807, 2.05) is 11.0 Å². The van der Waals surface area contributed by atoms with Crippen LogP contribution in [0.3, 0.4) is 0 Å². The van der Waals surface area contributed by atoms with Crippen molar-refractivity contribution in [2.24, 2.45) is 0 Å². The van der Waals surface area contributed by atoms with Crippen LogP contribution in [0.1, 0.15) is 0 Å². The van der Waals surface area contributed by atoms with Crippen LogP contribution in [0.25, 0.3) is 0 Å². The molecular weight excluding hydrogens is 371 g/mol. The zero-order valence-corrected chi connectivity index (χ0v) is 15.3. The van der Waals surface area contributed by atoms with Crippen molar-refractivity contribution >= 4 is 34.6 Å². The Morgan fingerprint density at radius 3 is 2.89 bits per heavy atom. The van der Waals surface area contributed by atoms with Crippen molar-refractivity contribution in [2.75, 3.05) is 37.0 Å². The summed E-state index contributed by atoms with van der Waals surface area (Å²) in [7, 11) is 1.56. The summed E-state index contributed by atoms with van der Waals surface area (Å²) in [6.45, 7) is 1.07. The van der Waals surface area contributed by atoms with Gasteiger partial charge in [0.25, 0.3) is 5.91 Å². The van der Waals surface area contributed by atoms with E-state index in [-0.39, 0.29) is 18.6 Å². The summed E-state index contributed by atoms with van der Waals surface area (Å²) in [5.74, 6) is 0.378. The molecule has 0 bridgehead atoms. The lowest BCUT2D eigenvalue weighted by Gasteiger charge is -2.47. The van der Waals surface area contributed by atoms with Crippen molar-refractivity contribution in [3.8, 4) is 11.6 Å². The standard InChI is InChI=1S/C18H17FN4O3S/c1-25-16-5-3-12(7-20-16)21-18(27)22-8-13(9-22)23-14-4-2-11(19)6-15(14)26-10-17(23)24/h2-7,13H,8-10H2,1H3,(H,21,27). The number of carbonyl (C=O) groups is 1. The highest BCUT2D eigenvalue weighted by molar-refractivity contribution is 7.80. The third-order valence-electron chi connectivity index (χ3n) is 4.51. The van der Waals surface area contributed by atoms with E-state index in [2.05, 4.69) is 10.3 Å². The number of thiocarbonyl (C=S) groups is 1. The monoisotopic (exact) mass is 388 g/mol. The van der Waals surface area contributed by atoms with Gasteiger partial charge in [0.15, 0.2) is 11.7 Å². The van der Waals surface area contributed by atoms with Crippen LogP contribution in [0.15, 0.2) is 36.5 Å². The molecular formula is C18H17FN4O3S. The van der Waals surface area contributed by atoms with E-state index in [9.17, 15) is 9.18 Å². The second kappa shape index (κ2) is 6.99. The molecule has 1 amide bonds. The van der Waals surface area contributed by atoms with Gasteiger partial charge in [0.05, 0.1) is 30.7 Å². The molecule has 1 N–H and O–H groups in total. The summed E-state index contributed by atoms with van der Waals surface area (Å²) >= 11 is 5.43. The average Bonchev–Trinajstić information content (AvgIpc) is 2.63. The van der Waals surface area contributed by atoms with Crippen LogP contribution in [-0.4, -0.2) is 53.8 Å². The maximum Gasteiger partial charge on any atom is 0.265 e. The van der Waals surface area contributed by atoms with Crippen LogP contribution in [0.5, 0.6) is 11.6 Å². The number of anilines is 2. The Morgan fingerprint density at radius 2 is 2.19 bits per heavy atom. The van der Waals surface area contributed by atoms with Crippen molar-refractivity contribution in [1.82, 2.24) is 9.88 Å². The molecule has 1 aromatic carbocycles. The highest BCUT2D eigenvalue weighted by Crippen LogP contribution is 2.35. The Morgan fingerprint density at radius 1 is 1.37 bits per heavy atom. The number of pyridine rings is 1. The minimum Gasteiger partial charge on any atom is -0.481 e. The number of ether oxygens (including phenoxy) is 2. The first-order valence-corrected chi connectivity index (χ1v) is 8.76. The smallest absolute Gasteiger partial charge is 0.265 e. The van der Waals surface area contributed by atoms with Gasteiger partial charge in [-0.2, -0.15) is 0 Å². The topological polar surface area (TPSA) is 66.9 Å². The molecule has 0 unspecified atom stereocenters. The first kappa shape index (κ1) is 17.5. The van der Waals surface area contributed by atoms with E-state index in [4.69, 9.17) is 21.7 Å². The van der Waals surface area contributed by atoms with Crippen molar-refractivity contribution in [2.45, 2.75) is 6.04 Å². The Hall–Kier alpha value is -2.94. The summed E-state index contributed by atoms with van der Waals surface area (Å²) in [6, 6.07) is 7.72. The van der Waals surface area contributed by atoms with Crippen LogP contribution in [0.2, 0.25) is 0 Å². The number of hydrogen-bond acceptors (Lipinski definition) is 5. The number of nitrogens with one attached hydrogen (secondary N) is 1. The molecule has 1 saturated heterocycles. The van der Waals surface area contributed by atoms with Gasteiger partial charge in [-0.15, -0.1) is 0 Å². The molecule has 7 nitrogen and oxygen atoms in total. The minimum atomic E-state index is -0.392. The van der Waals surface area contributed by atoms with E-state index in [0.717, 1.165) is 5.69 Å². The Kier molecular flexibility index (Phi) is 4.53. The number of carbonyl (C=O) groups excluding carboxylic acids is 1. The zero-order chi connectivity index (χ0) is 19.0. The minimum absolute atomic E-state index is 0.0423. The quantitative estimate of drug-likeness (QED) is 0.807. The predicted octanol–water partition coefficient (Wildman–Crippen LogP) is 2.04. The summed E-state index contributed by atoms with van der Waals surface area (Å²) in [5, 5.41) is 3.67. The van der Waals surface area contributed by atoms with Crippen molar-refractivity contribution in [1.29, 1.82) is 0 Å². The fourth-order valence-electron chi connectivity index (χ4n) is 3.11. The first-order valence-electron chi connectivity index (χ1n) is 8.35. The summed E-state index contributed by atoms with van der Waals surface area (Å²) < 4.78 is 23.8. The molecule has 9 heteroatoms. The molecule has 1 fully saturated rings. The fraction of sp³-hybridized carbons (Fsp3) is 0.278. The Balaban J connectivity index is 1.40. The first-order chi connectivity index (χ1) is 13.0. The second-order valence-electron chi connectivity index (χ2n) is 6.24. The number of aromatic nitrogens is 1. The average molecular weight is 388 g/mol. The van der Waals surface area contributed by atoms with Gasteiger partial charge < -0.3 is 19.7 Å². The maximum atomic E-state index is 13.4. The molecule has 2 aromatic rings. The van der Waals surface area contributed by atoms with E-state index in [0.29, 0.717) is 35.5 Å². The molecule has 3 heterocycles. The summed E-state index contributed by atoms with van der Waals surface area (Å²) in [5.41, 5.74) is 1.35. The maximum absolute atomic E-state index is 13.4. The lowest BCUT2D eigenvalue weighted by atomic mass is 10.1. The van der Waals surface area contributed by atoms with Gasteiger partial charge in [-0.1, -0.05) is 0 Å². The SMILES string of the molecule is COc1ccc(NC(=S)N2CC(N3C(=O)COc4cc(F)ccc43)C2)cn1. The molecule has 0 radical (unpaired) electrons. The molecule has 140 valence electrons.